The first-order chi connectivity index (χ1) is 10.3. The maximum atomic E-state index is 13.5. The summed E-state index contributed by atoms with van der Waals surface area (Å²) in [7, 11) is 0. The summed E-state index contributed by atoms with van der Waals surface area (Å²) in [5.41, 5.74) is -1.12. The van der Waals surface area contributed by atoms with Crippen molar-refractivity contribution in [2.24, 2.45) is 0 Å². The summed E-state index contributed by atoms with van der Waals surface area (Å²) >= 11 is 0. The highest BCUT2D eigenvalue weighted by atomic mass is 19.4. The van der Waals surface area contributed by atoms with Gasteiger partial charge in [-0.25, -0.2) is 4.39 Å². The second-order valence-corrected chi connectivity index (χ2v) is 4.37. The van der Waals surface area contributed by atoms with Crippen molar-refractivity contribution >= 4 is 5.91 Å². The largest absolute Gasteiger partial charge is 0.508 e. The first-order valence-corrected chi connectivity index (χ1v) is 6.06. The number of nitrogens with zero attached hydrogens (tertiary/aromatic N) is 1. The van der Waals surface area contributed by atoms with Crippen LogP contribution in [0.3, 0.4) is 0 Å². The minimum absolute atomic E-state index is 0.427. The summed E-state index contributed by atoms with van der Waals surface area (Å²) in [6.07, 6.45) is -3.66. The Morgan fingerprint density at radius 3 is 2.55 bits per heavy atom. The molecule has 0 aliphatic rings. The lowest BCUT2D eigenvalue weighted by Crippen LogP contribution is -2.38. The van der Waals surface area contributed by atoms with Gasteiger partial charge in [-0.05, 0) is 30.3 Å². The number of phenolic OH excluding ortho intramolecular Hbond substituents is 1. The first kappa shape index (κ1) is 15.7. The average Bonchev–Trinajstić information content (AvgIpc) is 2.46. The van der Waals surface area contributed by atoms with Crippen molar-refractivity contribution in [3.05, 3.63) is 59.7 Å². The van der Waals surface area contributed by atoms with Crippen LogP contribution in [0.2, 0.25) is 0 Å². The fraction of sp³-hybridized carbons (Fsp3) is 0.143. The summed E-state index contributed by atoms with van der Waals surface area (Å²) in [6.45, 7) is 0. The van der Waals surface area contributed by atoms with Gasteiger partial charge in [-0.3, -0.25) is 9.78 Å². The summed E-state index contributed by atoms with van der Waals surface area (Å²) < 4.78 is 52.7. The lowest BCUT2D eigenvalue weighted by atomic mass is 10.1. The zero-order valence-corrected chi connectivity index (χ0v) is 10.9. The van der Waals surface area contributed by atoms with E-state index in [1.165, 1.54) is 12.1 Å². The fourth-order valence-electron chi connectivity index (χ4n) is 1.77. The molecule has 0 spiro atoms. The van der Waals surface area contributed by atoms with Crippen LogP contribution in [-0.2, 0) is 0 Å². The standard InChI is InChI=1S/C14H10F4N2O2/c15-10-5-4-8(21)7-9(10)13(22)20-12(14(16,17)18)11-3-1-2-6-19-11/h1-7,12,21H,(H,20,22). The number of aromatic hydroxyl groups is 1. The second-order valence-electron chi connectivity index (χ2n) is 4.37. The molecule has 116 valence electrons. The molecule has 8 heteroatoms. The second kappa shape index (κ2) is 6.00. The van der Waals surface area contributed by atoms with Crippen LogP contribution in [0.5, 0.6) is 5.75 Å². The van der Waals surface area contributed by atoms with Crippen molar-refractivity contribution in [1.29, 1.82) is 0 Å². The van der Waals surface area contributed by atoms with E-state index in [2.05, 4.69) is 4.98 Å². The van der Waals surface area contributed by atoms with Crippen molar-refractivity contribution in [3.8, 4) is 5.75 Å². The first-order valence-electron chi connectivity index (χ1n) is 6.06. The Morgan fingerprint density at radius 2 is 1.95 bits per heavy atom. The molecule has 0 aliphatic heterocycles. The summed E-state index contributed by atoms with van der Waals surface area (Å²) in [4.78, 5) is 15.4. The Balaban J connectivity index is 2.32. The lowest BCUT2D eigenvalue weighted by Gasteiger charge is -2.21. The van der Waals surface area contributed by atoms with E-state index in [1.54, 1.807) is 5.32 Å². The number of amides is 1. The van der Waals surface area contributed by atoms with Crippen molar-refractivity contribution in [1.82, 2.24) is 10.3 Å². The van der Waals surface area contributed by atoms with Gasteiger partial charge in [0.2, 0.25) is 0 Å². The van der Waals surface area contributed by atoms with E-state index in [-0.39, 0.29) is 0 Å². The third-order valence-corrected chi connectivity index (χ3v) is 2.78. The number of carbonyl (C=O) groups is 1. The highest BCUT2D eigenvalue weighted by Crippen LogP contribution is 2.32. The monoisotopic (exact) mass is 314 g/mol. The molecule has 0 radical (unpaired) electrons. The molecule has 1 amide bonds. The van der Waals surface area contributed by atoms with Crippen LogP contribution in [0.15, 0.2) is 42.6 Å². The number of phenols is 1. The number of nitrogens with one attached hydrogen (secondary N) is 1. The maximum Gasteiger partial charge on any atom is 0.414 e. The predicted molar refractivity (Wildman–Crippen MR) is 68.6 cm³/mol. The summed E-state index contributed by atoms with van der Waals surface area (Å²) in [5, 5.41) is 10.9. The van der Waals surface area contributed by atoms with E-state index >= 15 is 0 Å². The van der Waals surface area contributed by atoms with E-state index in [4.69, 9.17) is 0 Å². The van der Waals surface area contributed by atoms with E-state index < -0.39 is 40.9 Å². The zero-order valence-electron chi connectivity index (χ0n) is 10.9. The number of alkyl halides is 3. The van der Waals surface area contributed by atoms with Gasteiger partial charge < -0.3 is 10.4 Å². The molecule has 0 saturated heterocycles. The molecule has 1 unspecified atom stereocenters. The number of pyridine rings is 1. The van der Waals surface area contributed by atoms with Crippen LogP contribution in [0.4, 0.5) is 17.6 Å². The van der Waals surface area contributed by atoms with Crippen molar-refractivity contribution < 1.29 is 27.5 Å². The molecule has 4 nitrogen and oxygen atoms in total. The van der Waals surface area contributed by atoms with Crippen LogP contribution >= 0.6 is 0 Å². The molecule has 0 aliphatic carbocycles. The van der Waals surface area contributed by atoms with E-state index in [1.807, 2.05) is 0 Å². The number of aromatic nitrogens is 1. The van der Waals surface area contributed by atoms with Gasteiger partial charge in [0, 0.05) is 6.20 Å². The summed E-state index contributed by atoms with van der Waals surface area (Å²) in [5.74, 6) is -2.79. The van der Waals surface area contributed by atoms with Crippen molar-refractivity contribution in [2.45, 2.75) is 12.2 Å². The molecule has 2 rings (SSSR count). The van der Waals surface area contributed by atoms with E-state index in [9.17, 15) is 27.5 Å². The molecule has 0 bridgehead atoms. The molecule has 0 fully saturated rings. The van der Waals surface area contributed by atoms with Gasteiger partial charge in [0.25, 0.3) is 5.91 Å². The van der Waals surface area contributed by atoms with Gasteiger partial charge in [0.1, 0.15) is 11.6 Å². The molecular weight excluding hydrogens is 304 g/mol. The van der Waals surface area contributed by atoms with Crippen molar-refractivity contribution in [3.63, 3.8) is 0 Å². The molecule has 1 heterocycles. The van der Waals surface area contributed by atoms with Gasteiger partial charge in [0.05, 0.1) is 11.3 Å². The smallest absolute Gasteiger partial charge is 0.414 e. The van der Waals surface area contributed by atoms with Gasteiger partial charge >= 0.3 is 6.18 Å². The molecule has 2 N–H and O–H groups in total. The van der Waals surface area contributed by atoms with Crippen molar-refractivity contribution in [2.75, 3.05) is 0 Å². The Morgan fingerprint density at radius 1 is 1.23 bits per heavy atom. The van der Waals surface area contributed by atoms with E-state index in [0.717, 1.165) is 30.5 Å². The minimum atomic E-state index is -4.81. The molecular formula is C14H10F4N2O2. The van der Waals surface area contributed by atoms with Gasteiger partial charge in [-0.15, -0.1) is 0 Å². The third-order valence-electron chi connectivity index (χ3n) is 2.78. The minimum Gasteiger partial charge on any atom is -0.508 e. The van der Waals surface area contributed by atoms with E-state index in [0.29, 0.717) is 0 Å². The molecule has 1 atom stereocenters. The Bertz CT molecular complexity index is 674. The SMILES string of the molecule is O=C(NC(c1ccccn1)C(F)(F)F)c1cc(O)ccc1F. The lowest BCUT2D eigenvalue weighted by molar-refractivity contribution is -0.156. The maximum absolute atomic E-state index is 13.5. The van der Waals surface area contributed by atoms with Crippen LogP contribution in [0, 0.1) is 5.82 Å². The average molecular weight is 314 g/mol. The van der Waals surface area contributed by atoms with Gasteiger partial charge in [0.15, 0.2) is 6.04 Å². The number of rotatable bonds is 3. The zero-order chi connectivity index (χ0) is 16.3. The Kier molecular flexibility index (Phi) is 4.30. The predicted octanol–water partition coefficient (Wildman–Crippen LogP) is 2.96. The highest BCUT2D eigenvalue weighted by molar-refractivity contribution is 5.95. The van der Waals surface area contributed by atoms with Crippen LogP contribution in [0.25, 0.3) is 0 Å². The number of carbonyl (C=O) groups excluding carboxylic acids is 1. The van der Waals surface area contributed by atoms with Crippen LogP contribution < -0.4 is 5.32 Å². The molecule has 1 aromatic carbocycles. The number of hydrogen-bond acceptors (Lipinski definition) is 3. The van der Waals surface area contributed by atoms with Crippen LogP contribution in [-0.4, -0.2) is 22.2 Å². The Labute approximate surface area is 122 Å². The number of benzene rings is 1. The normalized spacial score (nSPS) is 12.7. The van der Waals surface area contributed by atoms with Gasteiger partial charge in [-0.2, -0.15) is 13.2 Å². The van der Waals surface area contributed by atoms with Crippen LogP contribution in [0.1, 0.15) is 22.1 Å². The molecule has 0 saturated carbocycles. The third kappa shape index (κ3) is 3.51. The molecule has 2 aromatic rings. The summed E-state index contributed by atoms with van der Waals surface area (Å²) in [6, 6.07) is 3.98. The molecule has 22 heavy (non-hydrogen) atoms. The number of hydrogen-bond donors (Lipinski definition) is 2. The Hall–Kier alpha value is -2.64. The highest BCUT2D eigenvalue weighted by Gasteiger charge is 2.43. The number of halogens is 4. The topological polar surface area (TPSA) is 62.2 Å². The van der Waals surface area contributed by atoms with Gasteiger partial charge in [-0.1, -0.05) is 6.07 Å². The quantitative estimate of drug-likeness (QED) is 0.856. The molecule has 1 aromatic heterocycles. The fourth-order valence-corrected chi connectivity index (χ4v) is 1.77.